The number of likely N-dealkylation sites (N-methyl/N-ethyl adjacent to an activating group) is 1. The van der Waals surface area contributed by atoms with E-state index in [1.165, 1.54) is 6.42 Å². The molecule has 2 fully saturated rings. The number of hydrogen-bond donors (Lipinski definition) is 1. The highest BCUT2D eigenvalue weighted by atomic mass is 127. The summed E-state index contributed by atoms with van der Waals surface area (Å²) in [7, 11) is 1.88. The molecular formula is C19H39IN4O2. The van der Waals surface area contributed by atoms with Gasteiger partial charge in [-0.15, -0.1) is 24.0 Å². The fraction of sp³-hybridized carbons (Fsp3) is 0.947. The molecule has 1 N–H and O–H groups in total. The lowest BCUT2D eigenvalue weighted by molar-refractivity contribution is 0.0203. The van der Waals surface area contributed by atoms with E-state index in [0.717, 1.165) is 84.4 Å². The van der Waals surface area contributed by atoms with E-state index in [0.29, 0.717) is 12.0 Å². The van der Waals surface area contributed by atoms with Crippen LogP contribution in [-0.2, 0) is 9.47 Å². The Bertz CT molecular complexity index is 388. The predicted octanol–water partition coefficient (Wildman–Crippen LogP) is 2.43. The Hall–Kier alpha value is -0.120. The number of ether oxygens (including phenoxy) is 2. The van der Waals surface area contributed by atoms with Crippen molar-refractivity contribution in [2.75, 3.05) is 66.2 Å². The molecule has 2 rings (SSSR count). The van der Waals surface area contributed by atoms with Crippen molar-refractivity contribution in [2.45, 2.75) is 45.6 Å². The van der Waals surface area contributed by atoms with E-state index in [1.54, 1.807) is 0 Å². The van der Waals surface area contributed by atoms with Gasteiger partial charge >= 0.3 is 0 Å². The molecule has 0 bridgehead atoms. The molecule has 0 aromatic carbocycles. The Morgan fingerprint density at radius 2 is 1.96 bits per heavy atom. The lowest BCUT2D eigenvalue weighted by Gasteiger charge is -2.27. The van der Waals surface area contributed by atoms with E-state index in [9.17, 15) is 0 Å². The predicted molar refractivity (Wildman–Crippen MR) is 119 cm³/mol. The maximum Gasteiger partial charge on any atom is 0.193 e. The van der Waals surface area contributed by atoms with E-state index < -0.39 is 0 Å². The number of rotatable bonds is 9. The zero-order valence-electron chi connectivity index (χ0n) is 16.9. The number of halogens is 1. The Labute approximate surface area is 177 Å². The molecule has 0 radical (unpaired) electrons. The first-order valence-corrected chi connectivity index (χ1v) is 10.1. The quantitative estimate of drug-likeness (QED) is 0.237. The molecule has 6 nitrogen and oxygen atoms in total. The minimum atomic E-state index is 0. The summed E-state index contributed by atoms with van der Waals surface area (Å²) in [5.74, 6) is 1.73. The molecule has 0 amide bonds. The third kappa shape index (κ3) is 7.86. The standard InChI is InChI=1S/C19H38N4O2.HI/c1-4-22(5-2)18-7-11-23(15-18)19(20-3)21-10-6-12-25-16-17-8-13-24-14-9-17;/h17-18H,4-16H2,1-3H3,(H,20,21);1H. The maximum atomic E-state index is 5.84. The average Bonchev–Trinajstić information content (AvgIpc) is 3.13. The van der Waals surface area contributed by atoms with Crippen LogP contribution in [-0.4, -0.2) is 88.0 Å². The second kappa shape index (κ2) is 14.0. The summed E-state index contributed by atoms with van der Waals surface area (Å²) < 4.78 is 11.2. The van der Waals surface area contributed by atoms with Gasteiger partial charge in [-0.05, 0) is 44.7 Å². The van der Waals surface area contributed by atoms with Crippen molar-refractivity contribution >= 4 is 29.9 Å². The first-order valence-electron chi connectivity index (χ1n) is 10.1. The normalized spacial score (nSPS) is 21.9. The van der Waals surface area contributed by atoms with E-state index in [2.05, 4.69) is 34.0 Å². The molecule has 0 aliphatic carbocycles. The van der Waals surface area contributed by atoms with Crippen molar-refractivity contribution in [3.63, 3.8) is 0 Å². The monoisotopic (exact) mass is 482 g/mol. The fourth-order valence-electron chi connectivity index (χ4n) is 3.84. The van der Waals surface area contributed by atoms with Gasteiger partial charge in [0.1, 0.15) is 0 Å². The highest BCUT2D eigenvalue weighted by Gasteiger charge is 2.27. The van der Waals surface area contributed by atoms with Gasteiger partial charge in [-0.2, -0.15) is 0 Å². The van der Waals surface area contributed by atoms with Crippen molar-refractivity contribution in [1.82, 2.24) is 15.1 Å². The molecule has 1 atom stereocenters. The summed E-state index contributed by atoms with van der Waals surface area (Å²) in [5, 5.41) is 3.50. The van der Waals surface area contributed by atoms with Crippen LogP contribution in [0.3, 0.4) is 0 Å². The number of nitrogens with one attached hydrogen (secondary N) is 1. The largest absolute Gasteiger partial charge is 0.381 e. The van der Waals surface area contributed by atoms with Crippen LogP contribution in [0.15, 0.2) is 4.99 Å². The lowest BCUT2D eigenvalue weighted by atomic mass is 10.0. The summed E-state index contributed by atoms with van der Waals surface area (Å²) >= 11 is 0. The molecule has 2 aliphatic heterocycles. The second-order valence-electron chi connectivity index (χ2n) is 7.07. The van der Waals surface area contributed by atoms with Gasteiger partial charge in [-0.25, -0.2) is 0 Å². The molecule has 154 valence electrons. The van der Waals surface area contributed by atoms with Gasteiger partial charge in [0.15, 0.2) is 5.96 Å². The SMILES string of the molecule is CCN(CC)C1CCN(C(=NC)NCCCOCC2CCOCC2)C1.I. The van der Waals surface area contributed by atoms with Crippen molar-refractivity contribution in [1.29, 1.82) is 0 Å². The van der Waals surface area contributed by atoms with Crippen LogP contribution in [0.25, 0.3) is 0 Å². The van der Waals surface area contributed by atoms with E-state index in [4.69, 9.17) is 9.47 Å². The van der Waals surface area contributed by atoms with E-state index >= 15 is 0 Å². The Morgan fingerprint density at radius 1 is 1.23 bits per heavy atom. The number of guanidine groups is 1. The van der Waals surface area contributed by atoms with Crippen LogP contribution in [0.2, 0.25) is 0 Å². The highest BCUT2D eigenvalue weighted by Crippen LogP contribution is 2.16. The van der Waals surface area contributed by atoms with Gasteiger partial charge in [0, 0.05) is 59.2 Å². The van der Waals surface area contributed by atoms with Gasteiger partial charge in [0.2, 0.25) is 0 Å². The van der Waals surface area contributed by atoms with E-state index in [1.807, 2.05) is 7.05 Å². The van der Waals surface area contributed by atoms with Crippen LogP contribution in [0.5, 0.6) is 0 Å². The molecular weight excluding hydrogens is 443 g/mol. The highest BCUT2D eigenvalue weighted by molar-refractivity contribution is 14.0. The fourth-order valence-corrected chi connectivity index (χ4v) is 3.84. The smallest absolute Gasteiger partial charge is 0.193 e. The topological polar surface area (TPSA) is 49.3 Å². The van der Waals surface area contributed by atoms with Crippen molar-refractivity contribution in [3.05, 3.63) is 0 Å². The van der Waals surface area contributed by atoms with Crippen molar-refractivity contribution in [3.8, 4) is 0 Å². The molecule has 2 heterocycles. The summed E-state index contributed by atoms with van der Waals surface area (Å²) in [6.45, 7) is 13.4. The van der Waals surface area contributed by atoms with Gasteiger partial charge in [0.25, 0.3) is 0 Å². The number of likely N-dealkylation sites (tertiary alicyclic amines) is 1. The molecule has 26 heavy (non-hydrogen) atoms. The second-order valence-corrected chi connectivity index (χ2v) is 7.07. The van der Waals surface area contributed by atoms with Crippen molar-refractivity contribution in [2.24, 2.45) is 10.9 Å². The molecule has 2 aliphatic rings. The molecule has 0 spiro atoms. The summed E-state index contributed by atoms with van der Waals surface area (Å²) in [6, 6.07) is 0.663. The van der Waals surface area contributed by atoms with Gasteiger partial charge < -0.3 is 19.7 Å². The Balaban J connectivity index is 0.00000338. The maximum absolute atomic E-state index is 5.84. The summed E-state index contributed by atoms with van der Waals surface area (Å²) in [6.07, 6.45) is 4.55. The van der Waals surface area contributed by atoms with Crippen LogP contribution in [0.1, 0.15) is 39.5 Å². The van der Waals surface area contributed by atoms with Gasteiger partial charge in [-0.1, -0.05) is 13.8 Å². The minimum Gasteiger partial charge on any atom is -0.381 e. The third-order valence-electron chi connectivity index (χ3n) is 5.45. The third-order valence-corrected chi connectivity index (χ3v) is 5.45. The van der Waals surface area contributed by atoms with Crippen LogP contribution in [0.4, 0.5) is 0 Å². The Kier molecular flexibility index (Phi) is 12.8. The number of hydrogen-bond acceptors (Lipinski definition) is 4. The van der Waals surface area contributed by atoms with Gasteiger partial charge in [-0.3, -0.25) is 9.89 Å². The zero-order chi connectivity index (χ0) is 17.9. The average molecular weight is 482 g/mol. The first kappa shape index (κ1) is 23.9. The molecule has 1 unspecified atom stereocenters. The van der Waals surface area contributed by atoms with Crippen molar-refractivity contribution < 1.29 is 9.47 Å². The summed E-state index contributed by atoms with van der Waals surface area (Å²) in [5.41, 5.74) is 0. The summed E-state index contributed by atoms with van der Waals surface area (Å²) in [4.78, 5) is 9.41. The lowest BCUT2D eigenvalue weighted by Crippen LogP contribution is -2.43. The number of nitrogens with zero attached hydrogens (tertiary/aromatic N) is 3. The Morgan fingerprint density at radius 3 is 2.62 bits per heavy atom. The minimum absolute atomic E-state index is 0. The molecule has 7 heteroatoms. The zero-order valence-corrected chi connectivity index (χ0v) is 19.2. The molecule has 2 saturated heterocycles. The van der Waals surface area contributed by atoms with E-state index in [-0.39, 0.29) is 24.0 Å². The number of aliphatic imine (C=N–C) groups is 1. The van der Waals surface area contributed by atoms with Crippen LogP contribution in [0, 0.1) is 5.92 Å². The van der Waals surface area contributed by atoms with Crippen LogP contribution >= 0.6 is 24.0 Å². The molecule has 0 saturated carbocycles. The first-order chi connectivity index (χ1) is 12.3. The van der Waals surface area contributed by atoms with Gasteiger partial charge in [0.05, 0.1) is 0 Å². The molecule has 0 aromatic rings. The molecule has 0 aromatic heterocycles. The van der Waals surface area contributed by atoms with Crippen LogP contribution < -0.4 is 5.32 Å².